The molecule has 0 unspecified atom stereocenters. The highest BCUT2D eigenvalue weighted by molar-refractivity contribution is 7.92. The molecule has 0 spiro atoms. The Balaban J connectivity index is 2.25. The van der Waals surface area contributed by atoms with Gasteiger partial charge in [-0.15, -0.1) is 0 Å². The summed E-state index contributed by atoms with van der Waals surface area (Å²) in [6, 6.07) is 5.14. The summed E-state index contributed by atoms with van der Waals surface area (Å²) in [6.07, 6.45) is 1.53. The maximum absolute atomic E-state index is 12.2. The summed E-state index contributed by atoms with van der Waals surface area (Å²) >= 11 is 0. The Bertz CT molecular complexity index is 643. The highest BCUT2D eigenvalue weighted by Gasteiger charge is 2.27. The van der Waals surface area contributed by atoms with Crippen LogP contribution in [-0.4, -0.2) is 46.9 Å². The molecular formula is C15H22N2O4S. The van der Waals surface area contributed by atoms with Gasteiger partial charge in [-0.2, -0.15) is 0 Å². The zero-order chi connectivity index (χ0) is 16.2. The van der Waals surface area contributed by atoms with E-state index >= 15 is 0 Å². The standard InChI is InChI=1S/C15H22N2O4S/c1-12-5-6-13(15(18)16-7-9-21-2)11-14(12)17-8-3-4-10-22(17,19)20/h5-6,11H,3-4,7-10H2,1-2H3,(H,16,18). The fourth-order valence-corrected chi connectivity index (χ4v) is 4.14. The second kappa shape index (κ2) is 7.11. The van der Waals surface area contributed by atoms with Crippen LogP contribution in [0, 0.1) is 6.92 Å². The minimum atomic E-state index is -3.28. The number of amides is 1. The third kappa shape index (κ3) is 3.78. The van der Waals surface area contributed by atoms with E-state index in [1.807, 2.05) is 6.92 Å². The summed E-state index contributed by atoms with van der Waals surface area (Å²) in [5, 5.41) is 2.74. The van der Waals surface area contributed by atoms with Crippen molar-refractivity contribution in [2.45, 2.75) is 19.8 Å². The summed E-state index contributed by atoms with van der Waals surface area (Å²) in [5.41, 5.74) is 1.90. The van der Waals surface area contributed by atoms with Crippen molar-refractivity contribution in [3.05, 3.63) is 29.3 Å². The van der Waals surface area contributed by atoms with Crippen LogP contribution in [0.1, 0.15) is 28.8 Å². The van der Waals surface area contributed by atoms with Crippen LogP contribution >= 0.6 is 0 Å². The number of methoxy groups -OCH3 is 1. The Labute approximate surface area is 131 Å². The molecule has 0 atom stereocenters. The minimum Gasteiger partial charge on any atom is -0.383 e. The molecule has 1 aliphatic rings. The monoisotopic (exact) mass is 326 g/mol. The summed E-state index contributed by atoms with van der Waals surface area (Å²) in [7, 11) is -1.71. The number of aryl methyl sites for hydroxylation is 1. The smallest absolute Gasteiger partial charge is 0.251 e. The van der Waals surface area contributed by atoms with Gasteiger partial charge in [-0.05, 0) is 37.5 Å². The van der Waals surface area contributed by atoms with Crippen molar-refractivity contribution >= 4 is 21.6 Å². The second-order valence-corrected chi connectivity index (χ2v) is 7.36. The highest BCUT2D eigenvalue weighted by Crippen LogP contribution is 2.27. The van der Waals surface area contributed by atoms with Gasteiger partial charge in [0.2, 0.25) is 10.0 Å². The van der Waals surface area contributed by atoms with Crippen molar-refractivity contribution in [1.82, 2.24) is 5.32 Å². The summed E-state index contributed by atoms with van der Waals surface area (Å²) in [6.45, 7) is 3.18. The predicted molar refractivity (Wildman–Crippen MR) is 85.8 cm³/mol. The van der Waals surface area contributed by atoms with Gasteiger partial charge in [0.25, 0.3) is 5.91 Å². The third-order valence-corrected chi connectivity index (χ3v) is 5.54. The second-order valence-electron chi connectivity index (χ2n) is 5.35. The van der Waals surface area contributed by atoms with E-state index in [-0.39, 0.29) is 11.7 Å². The molecule has 22 heavy (non-hydrogen) atoms. The number of ether oxygens (including phenoxy) is 1. The molecule has 2 rings (SSSR count). The van der Waals surface area contributed by atoms with Crippen LogP contribution in [-0.2, 0) is 14.8 Å². The molecule has 1 amide bonds. The van der Waals surface area contributed by atoms with Gasteiger partial charge in [-0.25, -0.2) is 8.42 Å². The van der Waals surface area contributed by atoms with Gasteiger partial charge in [0.15, 0.2) is 0 Å². The van der Waals surface area contributed by atoms with E-state index in [0.717, 1.165) is 12.0 Å². The zero-order valence-corrected chi connectivity index (χ0v) is 13.8. The lowest BCUT2D eigenvalue weighted by atomic mass is 10.1. The SMILES string of the molecule is COCCNC(=O)c1ccc(C)c(N2CCCCS2(=O)=O)c1. The van der Waals surface area contributed by atoms with Crippen molar-refractivity contribution in [2.75, 3.05) is 36.9 Å². The number of benzene rings is 1. The molecule has 0 bridgehead atoms. The quantitative estimate of drug-likeness (QED) is 0.828. The predicted octanol–water partition coefficient (Wildman–Crippen LogP) is 1.30. The van der Waals surface area contributed by atoms with Crippen molar-refractivity contribution in [3.8, 4) is 0 Å². The minimum absolute atomic E-state index is 0.163. The number of rotatable bonds is 5. The van der Waals surface area contributed by atoms with Crippen LogP contribution < -0.4 is 9.62 Å². The number of nitrogens with zero attached hydrogens (tertiary/aromatic N) is 1. The van der Waals surface area contributed by atoms with E-state index in [0.29, 0.717) is 37.4 Å². The first kappa shape index (κ1) is 16.8. The first-order valence-corrected chi connectivity index (χ1v) is 8.95. The summed E-state index contributed by atoms with van der Waals surface area (Å²) in [5.74, 6) is -0.0656. The van der Waals surface area contributed by atoms with E-state index in [1.165, 1.54) is 4.31 Å². The van der Waals surface area contributed by atoms with Gasteiger partial charge in [0, 0.05) is 25.8 Å². The molecule has 6 nitrogen and oxygen atoms in total. The Morgan fingerprint density at radius 2 is 2.14 bits per heavy atom. The van der Waals surface area contributed by atoms with Crippen LogP contribution in [0.5, 0.6) is 0 Å². The van der Waals surface area contributed by atoms with Crippen molar-refractivity contribution in [3.63, 3.8) is 0 Å². The molecule has 0 saturated carbocycles. The lowest BCUT2D eigenvalue weighted by molar-refractivity contribution is 0.0937. The van der Waals surface area contributed by atoms with E-state index in [4.69, 9.17) is 4.74 Å². The van der Waals surface area contributed by atoms with Crippen LogP contribution in [0.15, 0.2) is 18.2 Å². The van der Waals surface area contributed by atoms with Gasteiger partial charge in [0.05, 0.1) is 18.0 Å². The average molecular weight is 326 g/mol. The van der Waals surface area contributed by atoms with Crippen molar-refractivity contribution < 1.29 is 17.9 Å². The molecule has 1 fully saturated rings. The zero-order valence-electron chi connectivity index (χ0n) is 13.0. The summed E-state index contributed by atoms with van der Waals surface area (Å²) in [4.78, 5) is 12.1. The molecule has 122 valence electrons. The molecule has 0 radical (unpaired) electrons. The molecule has 1 heterocycles. The number of hydrogen-bond donors (Lipinski definition) is 1. The van der Waals surface area contributed by atoms with E-state index in [2.05, 4.69) is 5.32 Å². The molecule has 0 aromatic heterocycles. The van der Waals surface area contributed by atoms with Crippen LogP contribution in [0.3, 0.4) is 0 Å². The number of carbonyl (C=O) groups excluding carboxylic acids is 1. The van der Waals surface area contributed by atoms with E-state index < -0.39 is 10.0 Å². The molecule has 1 N–H and O–H groups in total. The van der Waals surface area contributed by atoms with Gasteiger partial charge >= 0.3 is 0 Å². The number of nitrogens with one attached hydrogen (secondary N) is 1. The molecule has 1 aliphatic heterocycles. The molecule has 0 aliphatic carbocycles. The Morgan fingerprint density at radius 1 is 1.36 bits per heavy atom. The van der Waals surface area contributed by atoms with Gasteiger partial charge in [-0.3, -0.25) is 9.10 Å². The fraction of sp³-hybridized carbons (Fsp3) is 0.533. The molecular weight excluding hydrogens is 304 g/mol. The number of hydrogen-bond acceptors (Lipinski definition) is 4. The Hall–Kier alpha value is -1.60. The fourth-order valence-electron chi connectivity index (χ4n) is 2.45. The Morgan fingerprint density at radius 3 is 2.82 bits per heavy atom. The topological polar surface area (TPSA) is 75.7 Å². The summed E-state index contributed by atoms with van der Waals surface area (Å²) < 4.78 is 30.8. The lowest BCUT2D eigenvalue weighted by Gasteiger charge is -2.29. The average Bonchev–Trinajstić information content (AvgIpc) is 2.48. The highest BCUT2D eigenvalue weighted by atomic mass is 32.2. The number of carbonyl (C=O) groups is 1. The molecule has 1 aromatic rings. The van der Waals surface area contributed by atoms with E-state index in [1.54, 1.807) is 25.3 Å². The van der Waals surface area contributed by atoms with Gasteiger partial charge < -0.3 is 10.1 Å². The normalized spacial score (nSPS) is 17.3. The molecule has 1 saturated heterocycles. The van der Waals surface area contributed by atoms with Crippen LogP contribution in [0.2, 0.25) is 0 Å². The number of anilines is 1. The first-order chi connectivity index (χ1) is 10.5. The lowest BCUT2D eigenvalue weighted by Crippen LogP contribution is -2.38. The first-order valence-electron chi connectivity index (χ1n) is 7.34. The van der Waals surface area contributed by atoms with Crippen molar-refractivity contribution in [2.24, 2.45) is 0 Å². The van der Waals surface area contributed by atoms with Crippen LogP contribution in [0.25, 0.3) is 0 Å². The maximum atomic E-state index is 12.2. The Kier molecular flexibility index (Phi) is 5.42. The third-order valence-electron chi connectivity index (χ3n) is 3.68. The van der Waals surface area contributed by atoms with E-state index in [9.17, 15) is 13.2 Å². The molecule has 7 heteroatoms. The molecule has 1 aromatic carbocycles. The van der Waals surface area contributed by atoms with Gasteiger partial charge in [0.1, 0.15) is 0 Å². The number of sulfonamides is 1. The largest absolute Gasteiger partial charge is 0.383 e. The van der Waals surface area contributed by atoms with Crippen LogP contribution in [0.4, 0.5) is 5.69 Å². The maximum Gasteiger partial charge on any atom is 0.251 e. The van der Waals surface area contributed by atoms with Crippen molar-refractivity contribution in [1.29, 1.82) is 0 Å². The van der Waals surface area contributed by atoms with Gasteiger partial charge in [-0.1, -0.05) is 6.07 Å².